The summed E-state index contributed by atoms with van der Waals surface area (Å²) in [6, 6.07) is 6.41. The van der Waals surface area contributed by atoms with Crippen LogP contribution >= 0.6 is 0 Å². The maximum atomic E-state index is 13.2. The summed E-state index contributed by atoms with van der Waals surface area (Å²) >= 11 is 0. The van der Waals surface area contributed by atoms with Crippen molar-refractivity contribution in [3.63, 3.8) is 0 Å². The highest BCUT2D eigenvalue weighted by Crippen LogP contribution is 2.22. The predicted molar refractivity (Wildman–Crippen MR) is 69.0 cm³/mol. The van der Waals surface area contributed by atoms with Crippen molar-refractivity contribution in [3.8, 4) is 0 Å². The third-order valence-corrected chi connectivity index (χ3v) is 2.61. The molecule has 5 heteroatoms. The SMILES string of the molecule is CCN(c1cccc(F)c1)c1cnc(CN)cn1. The Kier molecular flexibility index (Phi) is 3.84. The molecule has 4 nitrogen and oxygen atoms in total. The highest BCUT2D eigenvalue weighted by molar-refractivity contribution is 5.58. The normalized spacial score (nSPS) is 10.4. The van der Waals surface area contributed by atoms with Gasteiger partial charge in [0.2, 0.25) is 0 Å². The summed E-state index contributed by atoms with van der Waals surface area (Å²) < 4.78 is 13.2. The Morgan fingerprint density at radius 1 is 1.28 bits per heavy atom. The molecule has 94 valence electrons. The first kappa shape index (κ1) is 12.4. The van der Waals surface area contributed by atoms with Crippen LogP contribution < -0.4 is 10.6 Å². The lowest BCUT2D eigenvalue weighted by atomic mass is 10.2. The zero-order valence-corrected chi connectivity index (χ0v) is 10.2. The number of halogens is 1. The van der Waals surface area contributed by atoms with Crippen molar-refractivity contribution < 1.29 is 4.39 Å². The standard InChI is InChI=1S/C13H15FN4/c1-2-18(12-5-3-4-10(14)6-12)13-9-16-11(7-15)8-17-13/h3-6,8-9H,2,7,15H2,1H3. The molecule has 1 aromatic heterocycles. The molecule has 2 aromatic rings. The van der Waals surface area contributed by atoms with Gasteiger partial charge in [-0.25, -0.2) is 9.37 Å². The van der Waals surface area contributed by atoms with Crippen LogP contribution in [0.1, 0.15) is 12.6 Å². The molecule has 0 saturated heterocycles. The number of aromatic nitrogens is 2. The van der Waals surface area contributed by atoms with E-state index in [9.17, 15) is 4.39 Å². The second kappa shape index (κ2) is 5.55. The predicted octanol–water partition coefficient (Wildman–Crippen LogP) is 2.23. The summed E-state index contributed by atoms with van der Waals surface area (Å²) in [6.07, 6.45) is 3.29. The van der Waals surface area contributed by atoms with E-state index in [1.54, 1.807) is 18.5 Å². The fraction of sp³-hybridized carbons (Fsp3) is 0.231. The Balaban J connectivity index is 2.32. The van der Waals surface area contributed by atoms with Crippen LogP contribution in [-0.2, 0) is 6.54 Å². The molecular weight excluding hydrogens is 231 g/mol. The third-order valence-electron chi connectivity index (χ3n) is 2.61. The topological polar surface area (TPSA) is 55.0 Å². The van der Waals surface area contributed by atoms with Crippen molar-refractivity contribution in [2.45, 2.75) is 13.5 Å². The average molecular weight is 246 g/mol. The number of anilines is 2. The van der Waals surface area contributed by atoms with Crippen LogP contribution in [0.4, 0.5) is 15.9 Å². The maximum Gasteiger partial charge on any atom is 0.151 e. The molecule has 2 rings (SSSR count). The van der Waals surface area contributed by atoms with Gasteiger partial charge < -0.3 is 10.6 Å². The van der Waals surface area contributed by atoms with Crippen molar-refractivity contribution in [1.29, 1.82) is 0 Å². The molecule has 0 amide bonds. The van der Waals surface area contributed by atoms with E-state index in [4.69, 9.17) is 5.73 Å². The number of hydrogen-bond acceptors (Lipinski definition) is 4. The van der Waals surface area contributed by atoms with Crippen molar-refractivity contribution in [2.75, 3.05) is 11.4 Å². The van der Waals surface area contributed by atoms with Gasteiger partial charge >= 0.3 is 0 Å². The first-order valence-electron chi connectivity index (χ1n) is 5.78. The van der Waals surface area contributed by atoms with Crippen LogP contribution in [0.15, 0.2) is 36.7 Å². The van der Waals surface area contributed by atoms with Gasteiger partial charge in [-0.05, 0) is 25.1 Å². The first-order chi connectivity index (χ1) is 8.74. The highest BCUT2D eigenvalue weighted by Gasteiger charge is 2.09. The Hall–Kier alpha value is -2.01. The van der Waals surface area contributed by atoms with E-state index in [1.165, 1.54) is 12.1 Å². The van der Waals surface area contributed by atoms with Gasteiger partial charge in [-0.2, -0.15) is 0 Å². The minimum Gasteiger partial charge on any atom is -0.325 e. The molecule has 0 aliphatic carbocycles. The monoisotopic (exact) mass is 246 g/mol. The van der Waals surface area contributed by atoms with Crippen molar-refractivity contribution in [1.82, 2.24) is 9.97 Å². The molecule has 0 atom stereocenters. The summed E-state index contributed by atoms with van der Waals surface area (Å²) in [5, 5.41) is 0. The number of benzene rings is 1. The Labute approximate surface area is 105 Å². The third kappa shape index (κ3) is 2.62. The Bertz CT molecular complexity index is 513. The molecule has 1 heterocycles. The molecular formula is C13H15FN4. The number of nitrogens with two attached hydrogens (primary N) is 1. The van der Waals surface area contributed by atoms with Crippen LogP contribution in [0.2, 0.25) is 0 Å². The summed E-state index contributed by atoms with van der Waals surface area (Å²) in [5.74, 6) is 0.415. The molecule has 0 aliphatic heterocycles. The second-order valence-electron chi connectivity index (χ2n) is 3.79. The van der Waals surface area contributed by atoms with Gasteiger partial charge in [0.25, 0.3) is 0 Å². The van der Waals surface area contributed by atoms with Gasteiger partial charge in [-0.3, -0.25) is 4.98 Å². The first-order valence-corrected chi connectivity index (χ1v) is 5.78. The van der Waals surface area contributed by atoms with Gasteiger partial charge in [-0.1, -0.05) is 6.07 Å². The molecule has 0 spiro atoms. The highest BCUT2D eigenvalue weighted by atomic mass is 19.1. The van der Waals surface area contributed by atoms with Crippen molar-refractivity contribution in [2.24, 2.45) is 5.73 Å². The lowest BCUT2D eigenvalue weighted by molar-refractivity contribution is 0.627. The lowest BCUT2D eigenvalue weighted by Gasteiger charge is -2.21. The fourth-order valence-corrected chi connectivity index (χ4v) is 1.71. The van der Waals surface area contributed by atoms with Gasteiger partial charge in [0.15, 0.2) is 5.82 Å². The molecule has 0 unspecified atom stereocenters. The van der Waals surface area contributed by atoms with E-state index in [0.29, 0.717) is 18.9 Å². The second-order valence-corrected chi connectivity index (χ2v) is 3.79. The van der Waals surface area contributed by atoms with E-state index in [2.05, 4.69) is 9.97 Å². The van der Waals surface area contributed by atoms with E-state index >= 15 is 0 Å². The summed E-state index contributed by atoms with van der Waals surface area (Å²) in [6.45, 7) is 3.02. The molecule has 0 saturated carbocycles. The van der Waals surface area contributed by atoms with Gasteiger partial charge in [0, 0.05) is 18.8 Å². The number of rotatable bonds is 4. The minimum atomic E-state index is -0.266. The summed E-state index contributed by atoms with van der Waals surface area (Å²) in [4.78, 5) is 10.4. The largest absolute Gasteiger partial charge is 0.325 e. The number of hydrogen-bond donors (Lipinski definition) is 1. The van der Waals surface area contributed by atoms with Gasteiger partial charge in [-0.15, -0.1) is 0 Å². The lowest BCUT2D eigenvalue weighted by Crippen LogP contribution is -2.18. The van der Waals surface area contributed by atoms with E-state index in [1.807, 2.05) is 17.9 Å². The summed E-state index contributed by atoms with van der Waals surface area (Å²) in [5.41, 5.74) is 6.96. The zero-order chi connectivity index (χ0) is 13.0. The van der Waals surface area contributed by atoms with Crippen LogP contribution in [0, 0.1) is 5.82 Å². The van der Waals surface area contributed by atoms with Gasteiger partial charge in [0.1, 0.15) is 5.82 Å². The van der Waals surface area contributed by atoms with Crippen LogP contribution in [0.5, 0.6) is 0 Å². The molecule has 0 fully saturated rings. The van der Waals surface area contributed by atoms with Gasteiger partial charge in [0.05, 0.1) is 18.1 Å². The number of nitrogens with zero attached hydrogens (tertiary/aromatic N) is 3. The maximum absolute atomic E-state index is 13.2. The molecule has 2 N–H and O–H groups in total. The summed E-state index contributed by atoms with van der Waals surface area (Å²) in [7, 11) is 0. The van der Waals surface area contributed by atoms with Crippen LogP contribution in [0.25, 0.3) is 0 Å². The quantitative estimate of drug-likeness (QED) is 0.898. The van der Waals surface area contributed by atoms with Crippen molar-refractivity contribution >= 4 is 11.5 Å². The molecule has 0 radical (unpaired) electrons. The van der Waals surface area contributed by atoms with Crippen molar-refractivity contribution in [3.05, 3.63) is 48.2 Å². The van der Waals surface area contributed by atoms with E-state index in [0.717, 1.165) is 11.4 Å². The van der Waals surface area contributed by atoms with Crippen LogP contribution in [-0.4, -0.2) is 16.5 Å². The van der Waals surface area contributed by atoms with E-state index < -0.39 is 0 Å². The minimum absolute atomic E-state index is 0.266. The Morgan fingerprint density at radius 2 is 2.11 bits per heavy atom. The Morgan fingerprint density at radius 3 is 2.67 bits per heavy atom. The molecule has 0 bridgehead atoms. The average Bonchev–Trinajstić information content (AvgIpc) is 2.40. The molecule has 0 aliphatic rings. The molecule has 18 heavy (non-hydrogen) atoms. The van der Waals surface area contributed by atoms with Crippen LogP contribution in [0.3, 0.4) is 0 Å². The zero-order valence-electron chi connectivity index (χ0n) is 10.2. The molecule has 1 aromatic carbocycles. The fourth-order valence-electron chi connectivity index (χ4n) is 1.71. The smallest absolute Gasteiger partial charge is 0.151 e. The van der Waals surface area contributed by atoms with E-state index in [-0.39, 0.29) is 5.82 Å².